The lowest BCUT2D eigenvalue weighted by Gasteiger charge is -2.35. The molecule has 1 aliphatic rings. The number of aromatic nitrogens is 2. The number of nitrogens with zero attached hydrogens (tertiary/aromatic N) is 3. The summed E-state index contributed by atoms with van der Waals surface area (Å²) in [6, 6.07) is 6.21. The van der Waals surface area contributed by atoms with Crippen molar-refractivity contribution < 1.29 is 19.5 Å². The number of rotatable bonds is 7. The number of aryl methyl sites for hydroxylation is 3. The predicted molar refractivity (Wildman–Crippen MR) is 151 cm³/mol. The number of likely N-dealkylation sites (tertiary alicyclic amines) is 1. The number of nitrogens with one attached hydrogen (secondary N) is 2. The highest BCUT2D eigenvalue weighted by atomic mass is 32.1. The fourth-order valence-electron chi connectivity index (χ4n) is 4.94. The van der Waals surface area contributed by atoms with Gasteiger partial charge in [-0.1, -0.05) is 45.0 Å². The highest BCUT2D eigenvalue weighted by Crippen LogP contribution is 2.28. The predicted octanol–water partition coefficient (Wildman–Crippen LogP) is 3.19. The molecule has 3 N–H and O–H groups in total. The minimum atomic E-state index is -0.882. The molecule has 1 saturated heterocycles. The Balaban J connectivity index is 1.44. The number of carbonyl (C=O) groups excluding carboxylic acids is 3. The lowest BCUT2D eigenvalue weighted by Crippen LogP contribution is -2.57. The van der Waals surface area contributed by atoms with Gasteiger partial charge in [-0.25, -0.2) is 4.98 Å². The summed E-state index contributed by atoms with van der Waals surface area (Å²) in [5, 5.41) is 16.2. The summed E-state index contributed by atoms with van der Waals surface area (Å²) in [5.74, 6) is -1.07. The SMILES string of the molecule is Cc1cn(C)cc1C(=O)N[C@H](C(=O)N1C[C@H](O)C[C@H]1C(=O)NCc1ccc(-c2scnc2C)cc1)C(C)(C)C. The normalized spacial score (nSPS) is 18.2. The van der Waals surface area contributed by atoms with E-state index in [1.807, 2.05) is 77.6 Å². The molecule has 3 heterocycles. The second-order valence-corrected chi connectivity index (χ2v) is 12.2. The summed E-state index contributed by atoms with van der Waals surface area (Å²) >= 11 is 1.59. The number of aliphatic hydroxyl groups is 1. The van der Waals surface area contributed by atoms with E-state index in [4.69, 9.17) is 0 Å². The average molecular weight is 552 g/mol. The molecule has 0 unspecified atom stereocenters. The monoisotopic (exact) mass is 551 g/mol. The molecular weight excluding hydrogens is 514 g/mol. The van der Waals surface area contributed by atoms with E-state index < -0.39 is 23.6 Å². The van der Waals surface area contributed by atoms with Crippen molar-refractivity contribution >= 4 is 29.1 Å². The van der Waals surface area contributed by atoms with Gasteiger partial charge < -0.3 is 25.2 Å². The van der Waals surface area contributed by atoms with Crippen LogP contribution in [-0.2, 0) is 23.2 Å². The smallest absolute Gasteiger partial charge is 0.253 e. The van der Waals surface area contributed by atoms with Gasteiger partial charge in [0.25, 0.3) is 5.91 Å². The van der Waals surface area contributed by atoms with Gasteiger partial charge in [0.15, 0.2) is 0 Å². The van der Waals surface area contributed by atoms with E-state index in [-0.39, 0.29) is 30.7 Å². The topological polar surface area (TPSA) is 117 Å². The van der Waals surface area contributed by atoms with Crippen LogP contribution in [0.4, 0.5) is 0 Å². The Bertz CT molecular complexity index is 1350. The zero-order chi connectivity index (χ0) is 28.5. The number of hydrogen-bond donors (Lipinski definition) is 3. The molecule has 10 heteroatoms. The Morgan fingerprint density at radius 3 is 2.41 bits per heavy atom. The molecule has 2 aromatic heterocycles. The van der Waals surface area contributed by atoms with Gasteiger partial charge in [0.05, 0.1) is 27.7 Å². The Morgan fingerprint density at radius 1 is 1.15 bits per heavy atom. The van der Waals surface area contributed by atoms with Crippen molar-refractivity contribution in [1.82, 2.24) is 25.1 Å². The Morgan fingerprint density at radius 2 is 1.85 bits per heavy atom. The third kappa shape index (κ3) is 6.39. The van der Waals surface area contributed by atoms with Crippen LogP contribution in [0, 0.1) is 19.3 Å². The molecule has 1 aromatic carbocycles. The van der Waals surface area contributed by atoms with Crippen LogP contribution < -0.4 is 10.6 Å². The molecule has 0 radical (unpaired) electrons. The zero-order valence-electron chi connectivity index (χ0n) is 23.3. The van der Waals surface area contributed by atoms with Crippen molar-refractivity contribution in [2.45, 2.75) is 65.8 Å². The van der Waals surface area contributed by atoms with Crippen molar-refractivity contribution in [1.29, 1.82) is 0 Å². The van der Waals surface area contributed by atoms with Crippen molar-refractivity contribution in [2.24, 2.45) is 12.5 Å². The van der Waals surface area contributed by atoms with Crippen LogP contribution >= 0.6 is 11.3 Å². The van der Waals surface area contributed by atoms with Gasteiger partial charge in [-0.2, -0.15) is 0 Å². The molecule has 9 nitrogen and oxygen atoms in total. The number of thiazole rings is 1. The van der Waals surface area contributed by atoms with Gasteiger partial charge in [-0.3, -0.25) is 14.4 Å². The Labute approximate surface area is 233 Å². The first kappa shape index (κ1) is 28.5. The molecule has 4 rings (SSSR count). The van der Waals surface area contributed by atoms with Crippen molar-refractivity contribution in [2.75, 3.05) is 6.54 Å². The van der Waals surface area contributed by atoms with Crippen molar-refractivity contribution in [3.63, 3.8) is 0 Å². The van der Waals surface area contributed by atoms with Gasteiger partial charge in [-0.05, 0) is 36.0 Å². The molecule has 1 fully saturated rings. The van der Waals surface area contributed by atoms with Crippen LogP contribution in [0.2, 0.25) is 0 Å². The molecule has 3 amide bonds. The Kier molecular flexibility index (Phi) is 8.27. The highest BCUT2D eigenvalue weighted by Gasteiger charge is 2.44. The summed E-state index contributed by atoms with van der Waals surface area (Å²) in [6.45, 7) is 9.75. The maximum absolute atomic E-state index is 13.8. The van der Waals surface area contributed by atoms with Crippen LogP contribution in [-0.4, -0.2) is 62.0 Å². The number of carbonyl (C=O) groups is 3. The molecule has 1 aliphatic heterocycles. The Hall–Kier alpha value is -3.50. The van der Waals surface area contributed by atoms with Crippen molar-refractivity contribution in [3.05, 3.63) is 64.6 Å². The minimum absolute atomic E-state index is 0.0344. The van der Waals surface area contributed by atoms with Crippen LogP contribution in [0.1, 0.15) is 54.4 Å². The quantitative estimate of drug-likeness (QED) is 0.417. The molecule has 0 aliphatic carbocycles. The molecule has 0 spiro atoms. The third-order valence-corrected chi connectivity index (χ3v) is 8.06. The first-order chi connectivity index (χ1) is 18.3. The van der Waals surface area contributed by atoms with E-state index >= 15 is 0 Å². The summed E-state index contributed by atoms with van der Waals surface area (Å²) in [7, 11) is 1.83. The second kappa shape index (κ2) is 11.3. The molecule has 208 valence electrons. The van der Waals surface area contributed by atoms with E-state index in [2.05, 4.69) is 15.6 Å². The molecule has 39 heavy (non-hydrogen) atoms. The maximum Gasteiger partial charge on any atom is 0.253 e. The molecule has 3 aromatic rings. The van der Waals surface area contributed by atoms with E-state index in [1.54, 1.807) is 22.1 Å². The fourth-order valence-corrected chi connectivity index (χ4v) is 5.76. The van der Waals surface area contributed by atoms with Crippen LogP contribution in [0.5, 0.6) is 0 Å². The zero-order valence-corrected chi connectivity index (χ0v) is 24.1. The fraction of sp³-hybridized carbons (Fsp3) is 0.448. The van der Waals surface area contributed by atoms with Gasteiger partial charge in [0, 0.05) is 39.0 Å². The molecular formula is C29H37N5O4S. The molecule has 3 atom stereocenters. The first-order valence-corrected chi connectivity index (χ1v) is 13.9. The standard InChI is InChI=1S/C29H37N5O4S/c1-17-13-33(6)15-22(17)26(36)32-25(29(3,4)5)28(38)34-14-21(35)11-23(34)27(37)30-12-19-7-9-20(10-8-19)24-18(2)31-16-39-24/h7-10,13,15-16,21,23,25,35H,11-12,14H2,1-6H3,(H,30,37)(H,32,36)/t21-,23+,25-/m1/s1. The van der Waals surface area contributed by atoms with Crippen LogP contribution in [0.25, 0.3) is 10.4 Å². The lowest BCUT2D eigenvalue weighted by atomic mass is 9.85. The summed E-state index contributed by atoms with van der Waals surface area (Å²) < 4.78 is 1.79. The first-order valence-electron chi connectivity index (χ1n) is 13.0. The number of hydrogen-bond acceptors (Lipinski definition) is 6. The lowest BCUT2D eigenvalue weighted by molar-refractivity contribution is -0.142. The highest BCUT2D eigenvalue weighted by molar-refractivity contribution is 7.13. The number of aliphatic hydroxyl groups excluding tert-OH is 1. The van der Waals surface area contributed by atoms with Gasteiger partial charge in [0.2, 0.25) is 11.8 Å². The largest absolute Gasteiger partial charge is 0.391 e. The maximum atomic E-state index is 13.8. The van der Waals surface area contributed by atoms with E-state index in [9.17, 15) is 19.5 Å². The molecule has 0 bridgehead atoms. The van der Waals surface area contributed by atoms with E-state index in [0.717, 1.165) is 27.3 Å². The number of amides is 3. The summed E-state index contributed by atoms with van der Waals surface area (Å²) in [6.07, 6.45) is 2.88. The van der Waals surface area contributed by atoms with Gasteiger partial charge in [-0.15, -0.1) is 11.3 Å². The van der Waals surface area contributed by atoms with Crippen LogP contribution in [0.15, 0.2) is 42.2 Å². The van der Waals surface area contributed by atoms with E-state index in [0.29, 0.717) is 12.1 Å². The van der Waals surface area contributed by atoms with Gasteiger partial charge in [0.1, 0.15) is 12.1 Å². The van der Waals surface area contributed by atoms with Crippen LogP contribution in [0.3, 0.4) is 0 Å². The van der Waals surface area contributed by atoms with Crippen molar-refractivity contribution in [3.8, 4) is 10.4 Å². The number of β-amino-alcohol motifs (C(OH)–C–C–N with tert-alkyl or cyclic N) is 1. The minimum Gasteiger partial charge on any atom is -0.391 e. The van der Waals surface area contributed by atoms with E-state index in [1.165, 1.54) is 4.90 Å². The number of benzene rings is 1. The summed E-state index contributed by atoms with van der Waals surface area (Å²) in [5.41, 5.74) is 5.47. The second-order valence-electron chi connectivity index (χ2n) is 11.4. The molecule has 0 saturated carbocycles. The third-order valence-electron chi connectivity index (χ3n) is 7.08. The average Bonchev–Trinajstić information content (AvgIpc) is 3.57. The van der Waals surface area contributed by atoms with Gasteiger partial charge >= 0.3 is 0 Å². The summed E-state index contributed by atoms with van der Waals surface area (Å²) in [4.78, 5) is 46.9.